The van der Waals surface area contributed by atoms with Crippen LogP contribution in [0.5, 0.6) is 23.0 Å². The lowest BCUT2D eigenvalue weighted by atomic mass is 9.83. The molecule has 0 aromatic heterocycles. The van der Waals surface area contributed by atoms with Crippen molar-refractivity contribution in [2.45, 2.75) is 53.0 Å². The molecule has 6 nitrogen and oxygen atoms in total. The van der Waals surface area contributed by atoms with E-state index in [1.807, 2.05) is 35.2 Å². The number of rotatable bonds is 8. The zero-order chi connectivity index (χ0) is 25.0. The lowest BCUT2D eigenvalue weighted by Crippen LogP contribution is -2.41. The number of hydrogen-bond donors (Lipinski definition) is 0. The van der Waals surface area contributed by atoms with Crippen LogP contribution in [0.2, 0.25) is 0 Å². The third-order valence-electron chi connectivity index (χ3n) is 6.40. The summed E-state index contributed by atoms with van der Waals surface area (Å²) in [7, 11) is 6.53. The van der Waals surface area contributed by atoms with Crippen LogP contribution in [0.25, 0.3) is 0 Å². The molecule has 0 radical (unpaired) electrons. The highest BCUT2D eigenvalue weighted by atomic mass is 16.5. The monoisotopic (exact) mass is 469 g/mol. The first kappa shape index (κ1) is 25.7. The summed E-state index contributed by atoms with van der Waals surface area (Å²) in [6.45, 7) is 9.47. The summed E-state index contributed by atoms with van der Waals surface area (Å²) in [5.41, 5.74) is 3.36. The maximum absolute atomic E-state index is 13.7. The van der Waals surface area contributed by atoms with E-state index in [2.05, 4.69) is 27.7 Å². The highest BCUT2D eigenvalue weighted by molar-refractivity contribution is 5.78. The zero-order valence-corrected chi connectivity index (χ0v) is 21.9. The Morgan fingerprint density at radius 2 is 1.53 bits per heavy atom. The summed E-state index contributed by atoms with van der Waals surface area (Å²) in [4.78, 5) is 15.7. The SMILES string of the molecule is COc1ccc([C@H]2c3cc(OC)c(OC)cc3CCN2C(=O)C[C@H](C)CC(C)(C)C)cc1OC. The molecule has 1 aliphatic heterocycles. The lowest BCUT2D eigenvalue weighted by Gasteiger charge is -2.39. The number of nitrogens with zero attached hydrogens (tertiary/aromatic N) is 1. The van der Waals surface area contributed by atoms with Crippen molar-refractivity contribution in [2.24, 2.45) is 11.3 Å². The molecule has 186 valence electrons. The van der Waals surface area contributed by atoms with Crippen molar-refractivity contribution in [3.05, 3.63) is 47.0 Å². The Labute approximate surface area is 204 Å². The van der Waals surface area contributed by atoms with Crippen molar-refractivity contribution in [1.82, 2.24) is 4.90 Å². The van der Waals surface area contributed by atoms with Crippen molar-refractivity contribution < 1.29 is 23.7 Å². The van der Waals surface area contributed by atoms with E-state index in [1.165, 1.54) is 0 Å². The molecule has 0 saturated carbocycles. The molecule has 2 aromatic carbocycles. The van der Waals surface area contributed by atoms with Gasteiger partial charge in [-0.25, -0.2) is 0 Å². The fourth-order valence-electron chi connectivity index (χ4n) is 5.13. The van der Waals surface area contributed by atoms with Crippen molar-refractivity contribution in [2.75, 3.05) is 35.0 Å². The standard InChI is InChI=1S/C28H39NO5/c1-18(17-28(2,3)4)13-26(30)29-12-11-19-14-24(33-7)25(34-8)16-21(19)27(29)20-9-10-22(31-5)23(15-20)32-6/h9-10,14-16,18,27H,11-13,17H2,1-8H3/t18-,27-/m0/s1. The van der Waals surface area contributed by atoms with Gasteiger partial charge in [-0.15, -0.1) is 0 Å². The van der Waals surface area contributed by atoms with Crippen LogP contribution in [0, 0.1) is 11.3 Å². The molecule has 0 unspecified atom stereocenters. The molecule has 0 N–H and O–H groups in total. The number of carbonyl (C=O) groups excluding carboxylic acids is 1. The molecule has 1 amide bonds. The first-order chi connectivity index (χ1) is 16.1. The third kappa shape index (κ3) is 5.60. The maximum Gasteiger partial charge on any atom is 0.223 e. The molecule has 3 rings (SSSR count). The fraction of sp³-hybridized carbons (Fsp3) is 0.536. The molecule has 0 saturated heterocycles. The van der Waals surface area contributed by atoms with E-state index < -0.39 is 0 Å². The second-order valence-electron chi connectivity index (χ2n) is 10.3. The van der Waals surface area contributed by atoms with Crippen LogP contribution in [-0.4, -0.2) is 45.8 Å². The summed E-state index contributed by atoms with van der Waals surface area (Å²) in [5.74, 6) is 3.11. The van der Waals surface area contributed by atoms with Crippen molar-refractivity contribution >= 4 is 5.91 Å². The van der Waals surface area contributed by atoms with Gasteiger partial charge < -0.3 is 23.8 Å². The minimum absolute atomic E-state index is 0.164. The topological polar surface area (TPSA) is 57.2 Å². The highest BCUT2D eigenvalue weighted by Gasteiger charge is 2.34. The minimum atomic E-state index is -0.252. The quantitative estimate of drug-likeness (QED) is 0.499. The Morgan fingerprint density at radius 1 is 0.941 bits per heavy atom. The Balaban J connectivity index is 2.07. The maximum atomic E-state index is 13.7. The Kier molecular flexibility index (Phi) is 8.01. The second kappa shape index (κ2) is 10.6. The summed E-state index contributed by atoms with van der Waals surface area (Å²) in [6, 6.07) is 9.66. The molecule has 2 atom stereocenters. The molecule has 1 heterocycles. The van der Waals surface area contributed by atoms with Crippen molar-refractivity contribution in [1.29, 1.82) is 0 Å². The first-order valence-corrected chi connectivity index (χ1v) is 11.9. The van der Waals surface area contributed by atoms with Gasteiger partial charge in [-0.3, -0.25) is 4.79 Å². The number of fused-ring (bicyclic) bond motifs is 1. The predicted octanol–water partition coefficient (Wildman–Crippen LogP) is 5.66. The van der Waals surface area contributed by atoms with Crippen molar-refractivity contribution in [3.63, 3.8) is 0 Å². The molecular formula is C28H39NO5. The number of methoxy groups -OCH3 is 4. The minimum Gasteiger partial charge on any atom is -0.493 e. The van der Waals surface area contributed by atoms with Crippen LogP contribution in [-0.2, 0) is 11.2 Å². The largest absolute Gasteiger partial charge is 0.493 e. The summed E-state index contributed by atoms with van der Waals surface area (Å²) in [5, 5.41) is 0. The molecule has 0 spiro atoms. The van der Waals surface area contributed by atoms with Crippen LogP contribution >= 0.6 is 0 Å². The van der Waals surface area contributed by atoms with E-state index in [4.69, 9.17) is 18.9 Å². The van der Waals surface area contributed by atoms with Gasteiger partial charge in [0.05, 0.1) is 34.5 Å². The molecule has 34 heavy (non-hydrogen) atoms. The number of hydrogen-bond acceptors (Lipinski definition) is 5. The van der Waals surface area contributed by atoms with E-state index in [9.17, 15) is 4.79 Å². The Morgan fingerprint density at radius 3 is 2.12 bits per heavy atom. The summed E-state index contributed by atoms with van der Waals surface area (Å²) >= 11 is 0. The van der Waals surface area contributed by atoms with Crippen molar-refractivity contribution in [3.8, 4) is 23.0 Å². The van der Waals surface area contributed by atoms with Crippen LogP contribution in [0.3, 0.4) is 0 Å². The van der Waals surface area contributed by atoms with Crippen LogP contribution in [0.1, 0.15) is 63.3 Å². The average molecular weight is 470 g/mol. The van der Waals surface area contributed by atoms with Gasteiger partial charge in [0, 0.05) is 13.0 Å². The van der Waals surface area contributed by atoms with E-state index in [1.54, 1.807) is 28.4 Å². The van der Waals surface area contributed by atoms with Crippen LogP contribution in [0.4, 0.5) is 0 Å². The molecule has 6 heteroatoms. The van der Waals surface area contributed by atoms with Gasteiger partial charge >= 0.3 is 0 Å². The second-order valence-corrected chi connectivity index (χ2v) is 10.3. The normalized spacial score (nSPS) is 16.5. The number of benzene rings is 2. The van der Waals surface area contributed by atoms with Gasteiger partial charge in [0.2, 0.25) is 5.91 Å². The van der Waals surface area contributed by atoms with Crippen LogP contribution in [0.15, 0.2) is 30.3 Å². The molecule has 0 aliphatic carbocycles. The van der Waals surface area contributed by atoms with E-state index in [0.29, 0.717) is 41.9 Å². The molecule has 0 bridgehead atoms. The summed E-state index contributed by atoms with van der Waals surface area (Å²) in [6.07, 6.45) is 2.28. The molecule has 0 fully saturated rings. The van der Waals surface area contributed by atoms with Gasteiger partial charge in [0.15, 0.2) is 23.0 Å². The predicted molar refractivity (Wildman–Crippen MR) is 134 cm³/mol. The van der Waals surface area contributed by atoms with E-state index in [-0.39, 0.29) is 17.4 Å². The van der Waals surface area contributed by atoms with Crippen LogP contribution < -0.4 is 18.9 Å². The van der Waals surface area contributed by atoms with E-state index >= 15 is 0 Å². The van der Waals surface area contributed by atoms with Gasteiger partial charge in [-0.2, -0.15) is 0 Å². The van der Waals surface area contributed by atoms with Gasteiger partial charge in [-0.1, -0.05) is 33.8 Å². The summed E-state index contributed by atoms with van der Waals surface area (Å²) < 4.78 is 22.2. The van der Waals surface area contributed by atoms with E-state index in [0.717, 1.165) is 29.5 Å². The van der Waals surface area contributed by atoms with Gasteiger partial charge in [0.1, 0.15) is 0 Å². The first-order valence-electron chi connectivity index (χ1n) is 11.9. The highest BCUT2D eigenvalue weighted by Crippen LogP contribution is 2.43. The van der Waals surface area contributed by atoms with Gasteiger partial charge in [-0.05, 0) is 65.1 Å². The Bertz CT molecular complexity index is 1010. The third-order valence-corrected chi connectivity index (χ3v) is 6.40. The molecule has 1 aliphatic rings. The fourth-order valence-corrected chi connectivity index (χ4v) is 5.13. The van der Waals surface area contributed by atoms with Gasteiger partial charge in [0.25, 0.3) is 0 Å². The Hall–Kier alpha value is -2.89. The smallest absolute Gasteiger partial charge is 0.223 e. The zero-order valence-electron chi connectivity index (χ0n) is 21.9. The average Bonchev–Trinajstić information content (AvgIpc) is 2.80. The molecular weight excluding hydrogens is 430 g/mol. The number of carbonyl (C=O) groups is 1. The number of ether oxygens (including phenoxy) is 4. The number of amides is 1. The molecule has 2 aromatic rings. The lowest BCUT2D eigenvalue weighted by molar-refractivity contribution is -0.134.